The molecular weight excluding hydrogens is 379 g/mol. The summed E-state index contributed by atoms with van der Waals surface area (Å²) in [5, 5.41) is 9.17. The van der Waals surface area contributed by atoms with Crippen LogP contribution in [0.4, 0.5) is 4.39 Å². The summed E-state index contributed by atoms with van der Waals surface area (Å²) in [4.78, 5) is 12.0. The minimum Gasteiger partial charge on any atom is -0.423 e. The van der Waals surface area contributed by atoms with Crippen molar-refractivity contribution < 1.29 is 13.2 Å². The van der Waals surface area contributed by atoms with Gasteiger partial charge < -0.3 is 8.83 Å². The van der Waals surface area contributed by atoms with Crippen LogP contribution in [0.3, 0.4) is 0 Å². The van der Waals surface area contributed by atoms with Crippen molar-refractivity contribution >= 4 is 22.7 Å². The Morgan fingerprint density at radius 3 is 2.71 bits per heavy atom. The monoisotopic (exact) mass is 394 g/mol. The number of rotatable bonds is 4. The second-order valence-electron chi connectivity index (χ2n) is 6.70. The van der Waals surface area contributed by atoms with Gasteiger partial charge in [0, 0.05) is 17.2 Å². The minimum absolute atomic E-state index is 0.135. The maximum Gasteiger partial charge on any atom is 0.336 e. The lowest BCUT2D eigenvalue weighted by molar-refractivity contribution is 0.463. The van der Waals surface area contributed by atoms with Gasteiger partial charge in [-0.1, -0.05) is 23.9 Å². The van der Waals surface area contributed by atoms with Crippen LogP contribution in [0.1, 0.15) is 23.1 Å². The summed E-state index contributed by atoms with van der Waals surface area (Å²) >= 11 is 1.31. The van der Waals surface area contributed by atoms with Gasteiger partial charge in [-0.15, -0.1) is 10.2 Å². The Morgan fingerprint density at radius 2 is 1.86 bits per heavy atom. The number of thioether (sulfide) groups is 1. The second kappa shape index (κ2) is 6.91. The van der Waals surface area contributed by atoms with Crippen LogP contribution in [0.5, 0.6) is 0 Å². The zero-order valence-corrected chi connectivity index (χ0v) is 15.6. The fourth-order valence-corrected chi connectivity index (χ4v) is 4.32. The van der Waals surface area contributed by atoms with E-state index in [-0.39, 0.29) is 17.1 Å². The maximum atomic E-state index is 13.9. The zero-order valence-electron chi connectivity index (χ0n) is 14.8. The Balaban J connectivity index is 1.44. The molecule has 0 fully saturated rings. The van der Waals surface area contributed by atoms with Crippen LogP contribution < -0.4 is 5.63 Å². The molecule has 5 nitrogen and oxygen atoms in total. The molecule has 5 rings (SSSR count). The first kappa shape index (κ1) is 17.2. The molecule has 0 saturated carbocycles. The number of hydrogen-bond acceptors (Lipinski definition) is 6. The Bertz CT molecular complexity index is 1250. The lowest BCUT2D eigenvalue weighted by Gasteiger charge is -2.07. The van der Waals surface area contributed by atoms with Gasteiger partial charge in [0.15, 0.2) is 0 Å². The molecule has 7 heteroatoms. The zero-order chi connectivity index (χ0) is 19.1. The summed E-state index contributed by atoms with van der Waals surface area (Å²) in [5.41, 5.74) is 3.93. The molecule has 0 radical (unpaired) electrons. The quantitative estimate of drug-likeness (QED) is 0.367. The van der Waals surface area contributed by atoms with Crippen LogP contribution in [-0.2, 0) is 18.6 Å². The molecule has 0 atom stereocenters. The lowest BCUT2D eigenvalue weighted by Crippen LogP contribution is -2.01. The average molecular weight is 394 g/mol. The minimum atomic E-state index is -0.414. The van der Waals surface area contributed by atoms with Gasteiger partial charge in [0.1, 0.15) is 11.4 Å². The maximum absolute atomic E-state index is 13.9. The van der Waals surface area contributed by atoms with Crippen LogP contribution >= 0.6 is 11.8 Å². The van der Waals surface area contributed by atoms with Gasteiger partial charge >= 0.3 is 5.63 Å². The first-order chi connectivity index (χ1) is 13.7. The van der Waals surface area contributed by atoms with Crippen molar-refractivity contribution in [2.45, 2.75) is 30.2 Å². The molecule has 0 aliphatic heterocycles. The van der Waals surface area contributed by atoms with Crippen molar-refractivity contribution in [2.24, 2.45) is 0 Å². The van der Waals surface area contributed by atoms with E-state index in [1.54, 1.807) is 18.2 Å². The Labute approximate surface area is 163 Å². The highest BCUT2D eigenvalue weighted by molar-refractivity contribution is 7.98. The molecule has 1 aliphatic rings. The predicted octanol–water partition coefficient (Wildman–Crippen LogP) is 4.76. The molecule has 0 N–H and O–H groups in total. The third kappa shape index (κ3) is 3.11. The van der Waals surface area contributed by atoms with E-state index in [9.17, 15) is 9.18 Å². The SMILES string of the molecule is O=c1cc(CSc2nnc(-c3ccccc3F)o2)c2cc3c(cc2o1)CCC3. The summed E-state index contributed by atoms with van der Waals surface area (Å²) < 4.78 is 24.9. The van der Waals surface area contributed by atoms with Crippen molar-refractivity contribution in [3.8, 4) is 11.5 Å². The van der Waals surface area contributed by atoms with Gasteiger partial charge in [0.25, 0.3) is 11.1 Å². The summed E-state index contributed by atoms with van der Waals surface area (Å²) in [6.45, 7) is 0. The molecule has 28 heavy (non-hydrogen) atoms. The smallest absolute Gasteiger partial charge is 0.336 e. The highest BCUT2D eigenvalue weighted by Gasteiger charge is 2.17. The first-order valence-electron chi connectivity index (χ1n) is 8.97. The van der Waals surface area contributed by atoms with Crippen molar-refractivity contribution in [3.05, 3.63) is 75.4 Å². The van der Waals surface area contributed by atoms with Gasteiger partial charge in [0.05, 0.1) is 5.56 Å². The molecular formula is C21H15FN2O3S. The highest BCUT2D eigenvalue weighted by atomic mass is 32.2. The van der Waals surface area contributed by atoms with Gasteiger partial charge in [0.2, 0.25) is 0 Å². The fourth-order valence-electron chi connectivity index (χ4n) is 3.57. The molecule has 140 valence electrons. The van der Waals surface area contributed by atoms with E-state index >= 15 is 0 Å². The van der Waals surface area contributed by atoms with Gasteiger partial charge in [-0.3, -0.25) is 0 Å². The van der Waals surface area contributed by atoms with E-state index in [0.29, 0.717) is 16.6 Å². The van der Waals surface area contributed by atoms with E-state index in [2.05, 4.69) is 16.3 Å². The van der Waals surface area contributed by atoms with Gasteiger partial charge in [-0.25, -0.2) is 9.18 Å². The van der Waals surface area contributed by atoms with E-state index in [1.165, 1.54) is 35.0 Å². The summed E-state index contributed by atoms with van der Waals surface area (Å²) in [7, 11) is 0. The molecule has 0 amide bonds. The Morgan fingerprint density at radius 1 is 1.04 bits per heavy atom. The van der Waals surface area contributed by atoms with E-state index in [1.807, 2.05) is 6.07 Å². The number of benzene rings is 2. The number of aromatic nitrogens is 2. The molecule has 0 bridgehead atoms. The van der Waals surface area contributed by atoms with E-state index in [4.69, 9.17) is 8.83 Å². The number of hydrogen-bond donors (Lipinski definition) is 0. The molecule has 2 heterocycles. The summed E-state index contributed by atoms with van der Waals surface area (Å²) in [5.74, 6) is 0.193. The van der Waals surface area contributed by atoms with E-state index in [0.717, 1.165) is 30.2 Å². The summed E-state index contributed by atoms with van der Waals surface area (Å²) in [6, 6.07) is 11.9. The van der Waals surface area contributed by atoms with E-state index < -0.39 is 5.82 Å². The molecule has 1 aliphatic carbocycles. The van der Waals surface area contributed by atoms with Crippen LogP contribution in [0, 0.1) is 5.82 Å². The van der Waals surface area contributed by atoms with Crippen LogP contribution in [-0.4, -0.2) is 10.2 Å². The predicted molar refractivity (Wildman–Crippen MR) is 104 cm³/mol. The highest BCUT2D eigenvalue weighted by Crippen LogP contribution is 2.32. The van der Waals surface area contributed by atoms with Gasteiger partial charge in [-0.05, 0) is 60.2 Å². The van der Waals surface area contributed by atoms with Crippen molar-refractivity contribution in [1.29, 1.82) is 0 Å². The molecule has 0 unspecified atom stereocenters. The average Bonchev–Trinajstić information content (AvgIpc) is 3.34. The van der Waals surface area contributed by atoms with Crippen molar-refractivity contribution in [2.75, 3.05) is 0 Å². The Kier molecular flexibility index (Phi) is 4.24. The first-order valence-corrected chi connectivity index (χ1v) is 9.96. The molecule has 2 aromatic carbocycles. The standard InChI is InChI=1S/C21H15FN2O3S/c22-17-7-2-1-6-15(17)20-23-24-21(27-20)28-11-14-10-19(25)26-18-9-13-5-3-4-12(13)8-16(14)18/h1-2,6-10H,3-5,11H2. The molecule has 2 aromatic heterocycles. The van der Waals surface area contributed by atoms with Crippen LogP contribution in [0.25, 0.3) is 22.4 Å². The fraction of sp³-hybridized carbons (Fsp3) is 0.190. The number of halogens is 1. The molecule has 4 aromatic rings. The third-order valence-corrected chi connectivity index (χ3v) is 5.77. The normalized spacial score (nSPS) is 13.2. The van der Waals surface area contributed by atoms with Gasteiger partial charge in [-0.2, -0.15) is 0 Å². The third-order valence-electron chi connectivity index (χ3n) is 4.90. The number of aryl methyl sites for hydroxylation is 2. The number of fused-ring (bicyclic) bond motifs is 2. The van der Waals surface area contributed by atoms with Crippen LogP contribution in [0.15, 0.2) is 61.3 Å². The molecule has 0 spiro atoms. The summed E-state index contributed by atoms with van der Waals surface area (Å²) in [6.07, 6.45) is 3.20. The molecule has 0 saturated heterocycles. The van der Waals surface area contributed by atoms with Crippen molar-refractivity contribution in [1.82, 2.24) is 10.2 Å². The second-order valence-corrected chi connectivity index (χ2v) is 7.63. The topological polar surface area (TPSA) is 69.1 Å². The van der Waals surface area contributed by atoms with Crippen molar-refractivity contribution in [3.63, 3.8) is 0 Å². The number of nitrogens with zero attached hydrogens (tertiary/aromatic N) is 2. The Hall–Kier alpha value is -2.93. The van der Waals surface area contributed by atoms with Crippen LogP contribution in [0.2, 0.25) is 0 Å². The largest absolute Gasteiger partial charge is 0.423 e. The lowest BCUT2D eigenvalue weighted by atomic mass is 10.0.